The van der Waals surface area contributed by atoms with Crippen LogP contribution in [0.15, 0.2) is 12.1 Å². The largest absolute Gasteiger partial charge is 0.487 e. The highest BCUT2D eigenvalue weighted by molar-refractivity contribution is 5.93. The van der Waals surface area contributed by atoms with Gasteiger partial charge in [0.15, 0.2) is 5.75 Å². The summed E-state index contributed by atoms with van der Waals surface area (Å²) in [7, 11) is 0. The molecule has 0 atom stereocenters. The first-order valence-electron chi connectivity index (χ1n) is 4.88. The second kappa shape index (κ2) is 3.46. The number of benzene rings is 1. The highest BCUT2D eigenvalue weighted by atomic mass is 16.5. The van der Waals surface area contributed by atoms with E-state index < -0.39 is 5.97 Å². The lowest BCUT2D eigenvalue weighted by Gasteiger charge is -2.11. The first kappa shape index (κ1) is 9.83. The molecular formula is C11H13NO3. The van der Waals surface area contributed by atoms with Crippen LogP contribution in [0.25, 0.3) is 0 Å². The summed E-state index contributed by atoms with van der Waals surface area (Å²) in [4.78, 5) is 11.0. The van der Waals surface area contributed by atoms with E-state index in [9.17, 15) is 4.79 Å². The molecule has 2 rings (SSSR count). The molecule has 1 aromatic carbocycles. The van der Waals surface area contributed by atoms with E-state index in [-0.39, 0.29) is 11.7 Å². The highest BCUT2D eigenvalue weighted by Gasteiger charge is 2.27. The minimum atomic E-state index is -0.999. The first-order valence-corrected chi connectivity index (χ1v) is 4.88. The van der Waals surface area contributed by atoms with Crippen molar-refractivity contribution in [3.63, 3.8) is 0 Å². The Morgan fingerprint density at radius 2 is 2.20 bits per heavy atom. The van der Waals surface area contributed by atoms with Crippen LogP contribution < -0.4 is 10.5 Å². The number of hydrogen-bond acceptors (Lipinski definition) is 3. The van der Waals surface area contributed by atoms with E-state index in [2.05, 4.69) is 0 Å². The molecule has 0 spiro atoms. The Labute approximate surface area is 87.7 Å². The number of hydrogen-bond donors (Lipinski definition) is 2. The maximum absolute atomic E-state index is 11.0. The average molecular weight is 207 g/mol. The fourth-order valence-corrected chi connectivity index (χ4v) is 1.44. The molecule has 0 bridgehead atoms. The third-order valence-corrected chi connectivity index (χ3v) is 2.30. The third-order valence-electron chi connectivity index (χ3n) is 2.30. The van der Waals surface area contributed by atoms with Crippen LogP contribution in [-0.2, 0) is 0 Å². The quantitative estimate of drug-likeness (QED) is 0.741. The molecule has 0 heterocycles. The molecule has 1 aliphatic rings. The maximum atomic E-state index is 11.0. The maximum Gasteiger partial charge on any atom is 0.339 e. The second-order valence-electron chi connectivity index (χ2n) is 3.85. The van der Waals surface area contributed by atoms with Gasteiger partial charge in [0.2, 0.25) is 0 Å². The van der Waals surface area contributed by atoms with Gasteiger partial charge in [0.1, 0.15) is 5.56 Å². The van der Waals surface area contributed by atoms with Gasteiger partial charge in [0.05, 0.1) is 11.8 Å². The summed E-state index contributed by atoms with van der Waals surface area (Å²) < 4.78 is 5.50. The van der Waals surface area contributed by atoms with Crippen molar-refractivity contribution in [3.05, 3.63) is 23.3 Å². The van der Waals surface area contributed by atoms with Crippen LogP contribution in [0.4, 0.5) is 5.69 Å². The fraction of sp³-hybridized carbons (Fsp3) is 0.364. The van der Waals surface area contributed by atoms with Crippen molar-refractivity contribution in [2.75, 3.05) is 5.73 Å². The Morgan fingerprint density at radius 1 is 1.53 bits per heavy atom. The summed E-state index contributed by atoms with van der Waals surface area (Å²) in [5.74, 6) is -0.684. The van der Waals surface area contributed by atoms with E-state index in [4.69, 9.17) is 15.6 Å². The van der Waals surface area contributed by atoms with Gasteiger partial charge in [-0.25, -0.2) is 4.79 Å². The van der Waals surface area contributed by atoms with Crippen LogP contribution >= 0.6 is 0 Å². The van der Waals surface area contributed by atoms with E-state index in [0.29, 0.717) is 11.4 Å². The number of anilines is 1. The number of aromatic carboxylic acids is 1. The summed E-state index contributed by atoms with van der Waals surface area (Å²) in [5.41, 5.74) is 7.13. The molecule has 80 valence electrons. The predicted molar refractivity (Wildman–Crippen MR) is 56.2 cm³/mol. The van der Waals surface area contributed by atoms with Gasteiger partial charge in [-0.05, 0) is 37.5 Å². The minimum absolute atomic E-state index is 0.146. The smallest absolute Gasteiger partial charge is 0.339 e. The van der Waals surface area contributed by atoms with Gasteiger partial charge in [-0.2, -0.15) is 0 Å². The Hall–Kier alpha value is -1.71. The first-order chi connectivity index (χ1) is 7.08. The Kier molecular flexibility index (Phi) is 2.26. The molecule has 1 fully saturated rings. The van der Waals surface area contributed by atoms with Crippen LogP contribution in [-0.4, -0.2) is 17.2 Å². The molecule has 0 aromatic heterocycles. The van der Waals surface area contributed by atoms with Gasteiger partial charge in [-0.1, -0.05) is 0 Å². The Balaban J connectivity index is 2.42. The summed E-state index contributed by atoms with van der Waals surface area (Å²) in [5, 5.41) is 9.01. The lowest BCUT2D eigenvalue weighted by molar-refractivity contribution is 0.0692. The normalized spacial score (nSPS) is 15.0. The van der Waals surface area contributed by atoms with Crippen molar-refractivity contribution < 1.29 is 14.6 Å². The number of carboxylic acids is 1. The van der Waals surface area contributed by atoms with Gasteiger partial charge < -0.3 is 15.6 Å². The predicted octanol–water partition coefficient (Wildman–Crippen LogP) is 1.82. The van der Waals surface area contributed by atoms with E-state index >= 15 is 0 Å². The van der Waals surface area contributed by atoms with Gasteiger partial charge in [0, 0.05) is 0 Å². The van der Waals surface area contributed by atoms with Crippen molar-refractivity contribution in [2.24, 2.45) is 0 Å². The number of carboxylic acid groups (broad SMARTS) is 1. The standard InChI is InChI=1S/C11H13NO3/c1-6-4-8(11(13)14)10(9(12)5-6)15-7-2-3-7/h4-5,7H,2-3,12H2,1H3,(H,13,14). The van der Waals surface area contributed by atoms with E-state index in [0.717, 1.165) is 18.4 Å². The summed E-state index contributed by atoms with van der Waals surface area (Å²) >= 11 is 0. The number of ether oxygens (including phenoxy) is 1. The molecular weight excluding hydrogens is 194 g/mol. The van der Waals surface area contributed by atoms with Crippen LogP contribution in [0, 0.1) is 6.92 Å². The zero-order chi connectivity index (χ0) is 11.0. The van der Waals surface area contributed by atoms with E-state index in [1.54, 1.807) is 12.1 Å². The third kappa shape index (κ3) is 2.03. The van der Waals surface area contributed by atoms with Gasteiger partial charge >= 0.3 is 5.97 Å². The van der Waals surface area contributed by atoms with Crippen molar-refractivity contribution in [1.29, 1.82) is 0 Å². The van der Waals surface area contributed by atoms with Crippen molar-refractivity contribution >= 4 is 11.7 Å². The number of aryl methyl sites for hydroxylation is 1. The molecule has 0 radical (unpaired) electrons. The highest BCUT2D eigenvalue weighted by Crippen LogP contribution is 2.34. The number of carbonyl (C=O) groups is 1. The fourth-order valence-electron chi connectivity index (χ4n) is 1.44. The van der Waals surface area contributed by atoms with Crippen molar-refractivity contribution in [2.45, 2.75) is 25.9 Å². The van der Waals surface area contributed by atoms with E-state index in [1.807, 2.05) is 6.92 Å². The molecule has 4 nitrogen and oxygen atoms in total. The van der Waals surface area contributed by atoms with Crippen molar-refractivity contribution in [1.82, 2.24) is 0 Å². The van der Waals surface area contributed by atoms with Crippen molar-refractivity contribution in [3.8, 4) is 5.75 Å². The number of rotatable bonds is 3. The Bertz CT molecular complexity index is 411. The van der Waals surface area contributed by atoms with Gasteiger partial charge in [-0.3, -0.25) is 0 Å². The lowest BCUT2D eigenvalue weighted by Crippen LogP contribution is -2.07. The number of nitrogens with two attached hydrogens (primary N) is 1. The minimum Gasteiger partial charge on any atom is -0.487 e. The average Bonchev–Trinajstić information content (AvgIpc) is 2.92. The molecule has 0 saturated heterocycles. The zero-order valence-corrected chi connectivity index (χ0v) is 8.49. The van der Waals surface area contributed by atoms with Crippen LogP contribution in [0.1, 0.15) is 28.8 Å². The SMILES string of the molecule is Cc1cc(N)c(OC2CC2)c(C(=O)O)c1. The molecule has 3 N–H and O–H groups in total. The van der Waals surface area contributed by atoms with E-state index in [1.165, 1.54) is 0 Å². The second-order valence-corrected chi connectivity index (χ2v) is 3.85. The number of nitrogen functional groups attached to an aromatic ring is 1. The van der Waals surface area contributed by atoms with Crippen LogP contribution in [0.2, 0.25) is 0 Å². The molecule has 0 amide bonds. The topological polar surface area (TPSA) is 72.5 Å². The Morgan fingerprint density at radius 3 is 2.73 bits per heavy atom. The molecule has 1 aliphatic carbocycles. The van der Waals surface area contributed by atoms with Crippen LogP contribution in [0.5, 0.6) is 5.75 Å². The van der Waals surface area contributed by atoms with Gasteiger partial charge in [-0.15, -0.1) is 0 Å². The molecule has 0 unspecified atom stereocenters. The monoisotopic (exact) mass is 207 g/mol. The summed E-state index contributed by atoms with van der Waals surface area (Å²) in [6.45, 7) is 1.81. The molecule has 0 aliphatic heterocycles. The molecule has 4 heteroatoms. The lowest BCUT2D eigenvalue weighted by atomic mass is 10.1. The summed E-state index contributed by atoms with van der Waals surface area (Å²) in [6, 6.07) is 3.31. The zero-order valence-electron chi connectivity index (χ0n) is 8.49. The molecule has 15 heavy (non-hydrogen) atoms. The molecule has 1 saturated carbocycles. The summed E-state index contributed by atoms with van der Waals surface area (Å²) in [6.07, 6.45) is 2.10. The van der Waals surface area contributed by atoms with Gasteiger partial charge in [0.25, 0.3) is 0 Å². The molecule has 1 aromatic rings. The van der Waals surface area contributed by atoms with Crippen LogP contribution in [0.3, 0.4) is 0 Å².